The third-order valence-corrected chi connectivity index (χ3v) is 2.88. The first kappa shape index (κ1) is 11.5. The summed E-state index contributed by atoms with van der Waals surface area (Å²) in [6.45, 7) is 1.57. The molecule has 3 heterocycles. The van der Waals surface area contributed by atoms with Crippen LogP contribution in [0.25, 0.3) is 11.2 Å². The molecule has 4 N–H and O–H groups in total. The molecule has 0 aliphatic heterocycles. The van der Waals surface area contributed by atoms with E-state index in [1.807, 2.05) is 15.4 Å². The Morgan fingerprint density at radius 3 is 2.79 bits per heavy atom. The van der Waals surface area contributed by atoms with Crippen molar-refractivity contribution in [3.8, 4) is 0 Å². The fraction of sp³-hybridized carbons (Fsp3) is 0.273. The number of nitrogens with zero attached hydrogens (tertiary/aromatic N) is 6. The Morgan fingerprint density at radius 1 is 1.11 bits per heavy atom. The van der Waals surface area contributed by atoms with E-state index >= 15 is 0 Å². The standard InChI is InChI=1S/C11H14N8/c12-8-2-5-19(17-8)4-1-3-18-7-16-9-10(13)14-6-15-11(9)18/h2,5-7H,1,3-4H2,(H2,12,17)(H2,13,14,15). The minimum absolute atomic E-state index is 0.406. The summed E-state index contributed by atoms with van der Waals surface area (Å²) in [5.41, 5.74) is 12.7. The van der Waals surface area contributed by atoms with Crippen LogP contribution in [0.15, 0.2) is 24.9 Å². The maximum atomic E-state index is 5.74. The lowest BCUT2D eigenvalue weighted by Gasteiger charge is -2.04. The summed E-state index contributed by atoms with van der Waals surface area (Å²) >= 11 is 0. The summed E-state index contributed by atoms with van der Waals surface area (Å²) in [6, 6.07) is 1.78. The van der Waals surface area contributed by atoms with Crippen molar-refractivity contribution < 1.29 is 0 Å². The largest absolute Gasteiger partial charge is 0.382 e. The van der Waals surface area contributed by atoms with Gasteiger partial charge in [-0.25, -0.2) is 15.0 Å². The second kappa shape index (κ2) is 4.56. The van der Waals surface area contributed by atoms with Crippen LogP contribution in [-0.2, 0) is 13.1 Å². The van der Waals surface area contributed by atoms with Crippen molar-refractivity contribution in [2.75, 3.05) is 11.5 Å². The van der Waals surface area contributed by atoms with Crippen LogP contribution in [0.4, 0.5) is 11.6 Å². The molecule has 8 nitrogen and oxygen atoms in total. The van der Waals surface area contributed by atoms with Crippen LogP contribution < -0.4 is 11.5 Å². The molecule has 19 heavy (non-hydrogen) atoms. The smallest absolute Gasteiger partial charge is 0.165 e. The third-order valence-electron chi connectivity index (χ3n) is 2.88. The highest BCUT2D eigenvalue weighted by molar-refractivity contribution is 5.80. The molecule has 98 valence electrons. The molecule has 0 amide bonds. The van der Waals surface area contributed by atoms with E-state index in [2.05, 4.69) is 20.1 Å². The number of rotatable bonds is 4. The summed E-state index contributed by atoms with van der Waals surface area (Å²) in [4.78, 5) is 12.3. The summed E-state index contributed by atoms with van der Waals surface area (Å²) in [6.07, 6.45) is 5.94. The maximum Gasteiger partial charge on any atom is 0.165 e. The van der Waals surface area contributed by atoms with Crippen molar-refractivity contribution in [2.45, 2.75) is 19.5 Å². The van der Waals surface area contributed by atoms with E-state index in [0.29, 0.717) is 17.2 Å². The van der Waals surface area contributed by atoms with Crippen LogP contribution in [0.3, 0.4) is 0 Å². The van der Waals surface area contributed by atoms with E-state index < -0.39 is 0 Å². The molecule has 0 unspecified atom stereocenters. The number of hydrogen-bond acceptors (Lipinski definition) is 6. The van der Waals surface area contributed by atoms with Gasteiger partial charge >= 0.3 is 0 Å². The molecule has 0 saturated carbocycles. The Kier molecular flexibility index (Phi) is 2.75. The van der Waals surface area contributed by atoms with Gasteiger partial charge < -0.3 is 16.0 Å². The minimum atomic E-state index is 0.406. The fourth-order valence-electron chi connectivity index (χ4n) is 1.97. The average Bonchev–Trinajstić information content (AvgIpc) is 2.98. The maximum absolute atomic E-state index is 5.74. The van der Waals surface area contributed by atoms with E-state index in [1.165, 1.54) is 6.33 Å². The topological polar surface area (TPSA) is 113 Å². The van der Waals surface area contributed by atoms with Crippen LogP contribution >= 0.6 is 0 Å². The lowest BCUT2D eigenvalue weighted by Crippen LogP contribution is -2.05. The van der Waals surface area contributed by atoms with E-state index in [0.717, 1.165) is 25.2 Å². The number of aromatic nitrogens is 6. The average molecular weight is 258 g/mol. The molecule has 3 aromatic heterocycles. The lowest BCUT2D eigenvalue weighted by atomic mass is 10.4. The van der Waals surface area contributed by atoms with Crippen LogP contribution in [0.1, 0.15) is 6.42 Å². The summed E-state index contributed by atoms with van der Waals surface area (Å²) < 4.78 is 3.78. The van der Waals surface area contributed by atoms with Gasteiger partial charge in [-0.2, -0.15) is 5.10 Å². The van der Waals surface area contributed by atoms with Crippen molar-refractivity contribution >= 4 is 22.8 Å². The van der Waals surface area contributed by atoms with Gasteiger partial charge in [-0.3, -0.25) is 4.68 Å². The van der Waals surface area contributed by atoms with Gasteiger partial charge in [0.25, 0.3) is 0 Å². The zero-order chi connectivity index (χ0) is 13.2. The predicted octanol–water partition coefficient (Wildman–Crippen LogP) is 0.277. The monoisotopic (exact) mass is 258 g/mol. The number of nitrogen functional groups attached to an aromatic ring is 2. The van der Waals surface area contributed by atoms with Gasteiger partial charge in [-0.15, -0.1) is 0 Å². The van der Waals surface area contributed by atoms with Gasteiger partial charge in [-0.1, -0.05) is 0 Å². The normalized spacial score (nSPS) is 11.2. The first-order valence-electron chi connectivity index (χ1n) is 5.94. The summed E-state index contributed by atoms with van der Waals surface area (Å²) in [7, 11) is 0. The molecule has 0 atom stereocenters. The molecule has 0 fully saturated rings. The predicted molar refractivity (Wildman–Crippen MR) is 71.0 cm³/mol. The van der Waals surface area contributed by atoms with Crippen molar-refractivity contribution in [2.24, 2.45) is 0 Å². The Balaban J connectivity index is 1.70. The number of hydrogen-bond donors (Lipinski definition) is 2. The van der Waals surface area contributed by atoms with Crippen molar-refractivity contribution in [1.29, 1.82) is 0 Å². The van der Waals surface area contributed by atoms with E-state index in [9.17, 15) is 0 Å². The lowest BCUT2D eigenvalue weighted by molar-refractivity contribution is 0.532. The molecule has 0 radical (unpaired) electrons. The molecular formula is C11H14N8. The number of imidazole rings is 1. The first-order chi connectivity index (χ1) is 9.24. The summed E-state index contributed by atoms with van der Waals surface area (Å²) in [5.74, 6) is 0.942. The Morgan fingerprint density at radius 2 is 2.00 bits per heavy atom. The highest BCUT2D eigenvalue weighted by Crippen LogP contribution is 2.14. The Hall–Kier alpha value is -2.64. The third kappa shape index (κ3) is 2.19. The van der Waals surface area contributed by atoms with Gasteiger partial charge in [-0.05, 0) is 12.5 Å². The van der Waals surface area contributed by atoms with Gasteiger partial charge in [0.1, 0.15) is 17.7 Å². The molecule has 0 aliphatic rings. The molecule has 0 aromatic carbocycles. The summed E-state index contributed by atoms with van der Waals surface area (Å²) in [5, 5.41) is 4.13. The highest BCUT2D eigenvalue weighted by Gasteiger charge is 2.07. The van der Waals surface area contributed by atoms with Crippen molar-refractivity contribution in [3.63, 3.8) is 0 Å². The number of anilines is 2. The van der Waals surface area contributed by atoms with Gasteiger partial charge in [0.2, 0.25) is 0 Å². The molecule has 0 aliphatic carbocycles. The molecule has 0 spiro atoms. The zero-order valence-electron chi connectivity index (χ0n) is 10.3. The van der Waals surface area contributed by atoms with Crippen molar-refractivity contribution in [3.05, 3.63) is 24.9 Å². The number of nitrogens with two attached hydrogens (primary N) is 2. The SMILES string of the molecule is Nc1ccn(CCCn2cnc3c(N)ncnc32)n1. The van der Waals surface area contributed by atoms with Crippen LogP contribution in [-0.4, -0.2) is 29.3 Å². The van der Waals surface area contributed by atoms with Crippen LogP contribution in [0.2, 0.25) is 0 Å². The molecule has 0 saturated heterocycles. The first-order valence-corrected chi connectivity index (χ1v) is 5.94. The quantitative estimate of drug-likeness (QED) is 0.694. The molecule has 3 aromatic rings. The van der Waals surface area contributed by atoms with Crippen LogP contribution in [0.5, 0.6) is 0 Å². The highest BCUT2D eigenvalue weighted by atomic mass is 15.3. The number of aryl methyl sites for hydroxylation is 2. The molecule has 3 rings (SSSR count). The minimum Gasteiger partial charge on any atom is -0.382 e. The fourth-order valence-corrected chi connectivity index (χ4v) is 1.97. The molecular weight excluding hydrogens is 244 g/mol. The Labute approximate surface area is 109 Å². The van der Waals surface area contributed by atoms with E-state index in [-0.39, 0.29) is 0 Å². The second-order valence-corrected chi connectivity index (χ2v) is 4.23. The van der Waals surface area contributed by atoms with Crippen LogP contribution in [0, 0.1) is 0 Å². The second-order valence-electron chi connectivity index (χ2n) is 4.23. The zero-order valence-corrected chi connectivity index (χ0v) is 10.3. The van der Waals surface area contributed by atoms with Gasteiger partial charge in [0.15, 0.2) is 11.5 Å². The van der Waals surface area contributed by atoms with Gasteiger partial charge in [0, 0.05) is 19.3 Å². The molecule has 0 bridgehead atoms. The van der Waals surface area contributed by atoms with Crippen molar-refractivity contribution in [1.82, 2.24) is 29.3 Å². The van der Waals surface area contributed by atoms with E-state index in [4.69, 9.17) is 11.5 Å². The Bertz CT molecular complexity index is 698. The number of fused-ring (bicyclic) bond motifs is 1. The van der Waals surface area contributed by atoms with E-state index in [1.54, 1.807) is 12.4 Å². The molecule has 8 heteroatoms. The van der Waals surface area contributed by atoms with Gasteiger partial charge in [0.05, 0.1) is 6.33 Å².